The van der Waals surface area contributed by atoms with Crippen LogP contribution >= 0.6 is 0 Å². The molecule has 0 rings (SSSR count). The predicted octanol–water partition coefficient (Wildman–Crippen LogP) is 9.42. The summed E-state index contributed by atoms with van der Waals surface area (Å²) in [6.45, 7) is 9.76. The molecule has 0 radical (unpaired) electrons. The van der Waals surface area contributed by atoms with Crippen molar-refractivity contribution in [3.8, 4) is 0 Å². The Labute approximate surface area is 323 Å². The molecule has 0 spiro atoms. The summed E-state index contributed by atoms with van der Waals surface area (Å²) in [4.78, 5) is 42.2. The van der Waals surface area contributed by atoms with Crippen LogP contribution in [0, 0.1) is 0 Å². The van der Waals surface area contributed by atoms with Gasteiger partial charge in [0.1, 0.15) is 0 Å². The van der Waals surface area contributed by atoms with Crippen LogP contribution in [0.1, 0.15) is 195 Å². The van der Waals surface area contributed by atoms with Gasteiger partial charge in [0.25, 0.3) is 0 Å². The number of carboxylic acids is 2. The molecule has 0 amide bonds. The van der Waals surface area contributed by atoms with Crippen molar-refractivity contribution in [3.05, 3.63) is 24.3 Å². The van der Waals surface area contributed by atoms with E-state index in [1.165, 1.54) is 141 Å². The number of ether oxygens (including phenoxy) is 2. The Morgan fingerprint density at radius 3 is 0.902 bits per heavy atom. The molecule has 0 aromatic carbocycles. The number of hydrogen-bond acceptors (Lipinski definition) is 8. The standard InChI is InChI=1S/2C17H30O4.2C4H9.Sn/c2*1-2-3-4-5-6-7-8-9-10-11-12-15-21-17(20)14-13-16(18)19;2*1-3-4-2;/h2*13-14H,2-12,15H2,1H3,(H,18,19);2*1,3-4H2,2H3;/q;;;;+2/p-2/b2*14-13-;;;. The molecule has 0 atom stereocenters. The summed E-state index contributed by atoms with van der Waals surface area (Å²) in [6, 6.07) is 0. The number of unbranched alkanes of at least 4 members (excludes halogenated alkanes) is 22. The van der Waals surface area contributed by atoms with Gasteiger partial charge in [-0.25, -0.2) is 9.59 Å². The summed E-state index contributed by atoms with van der Waals surface area (Å²) in [6.07, 6.45) is 36.3. The zero-order valence-corrected chi connectivity index (χ0v) is 36.1. The van der Waals surface area contributed by atoms with E-state index in [0.717, 1.165) is 37.8 Å². The molecular weight excluding hydrogens is 751 g/mol. The molecule has 0 fully saturated rings. The number of esters is 2. The molecule has 0 bridgehead atoms. The summed E-state index contributed by atoms with van der Waals surface area (Å²) in [5, 5.41) is 20.1. The fraction of sp³-hybridized carbons (Fsp3) is 0.810. The van der Waals surface area contributed by atoms with Crippen molar-refractivity contribution in [2.75, 3.05) is 13.2 Å². The molecule has 0 aliphatic carbocycles. The first-order valence-electron chi connectivity index (χ1n) is 20.6. The number of carboxylic acid groups (broad SMARTS) is 2. The van der Waals surface area contributed by atoms with Gasteiger partial charge in [-0.05, 0) is 25.0 Å². The van der Waals surface area contributed by atoms with Gasteiger partial charge in [-0.1, -0.05) is 142 Å². The van der Waals surface area contributed by atoms with E-state index in [-0.39, 0.29) is 21.1 Å². The Kier molecular flexibility index (Phi) is 50.5. The van der Waals surface area contributed by atoms with Gasteiger partial charge in [0.15, 0.2) is 0 Å². The Morgan fingerprint density at radius 1 is 0.392 bits per heavy atom. The van der Waals surface area contributed by atoms with E-state index in [4.69, 9.17) is 9.47 Å². The Morgan fingerprint density at radius 2 is 0.647 bits per heavy atom. The number of aliphatic carboxylic acids is 2. The van der Waals surface area contributed by atoms with Crippen LogP contribution in [0.25, 0.3) is 0 Å². The quantitative estimate of drug-likeness (QED) is 0.0271. The van der Waals surface area contributed by atoms with Crippen LogP contribution in [-0.2, 0) is 28.7 Å². The fourth-order valence-corrected chi connectivity index (χ4v) is 9.13. The molecule has 0 N–H and O–H groups in total. The van der Waals surface area contributed by atoms with E-state index in [1.807, 2.05) is 0 Å². The van der Waals surface area contributed by atoms with E-state index < -0.39 is 23.9 Å². The number of carbonyl (C=O) groups is 4. The minimum atomic E-state index is -1.39. The van der Waals surface area contributed by atoms with Gasteiger partial charge in [0.2, 0.25) is 0 Å². The van der Waals surface area contributed by atoms with Gasteiger partial charge < -0.3 is 29.3 Å². The third-order valence-electron chi connectivity index (χ3n) is 8.11. The topological polar surface area (TPSA) is 133 Å². The SMILES string of the molecule is CCCCCCCCCCCCCOC(=O)/C=C\C(=O)[O-].CCCCCCCCCCCCCOC(=O)/C=C\C(=O)[O-].CCC[CH2][Sn+2][CH2]CCC. The van der Waals surface area contributed by atoms with E-state index in [2.05, 4.69) is 27.7 Å². The molecule has 51 heavy (non-hydrogen) atoms. The fourth-order valence-electron chi connectivity index (χ4n) is 4.98. The average molecular weight is 828 g/mol. The molecule has 8 nitrogen and oxygen atoms in total. The third kappa shape index (κ3) is 57.7. The first kappa shape index (κ1) is 53.5. The molecule has 0 aliphatic heterocycles. The number of rotatable bonds is 34. The monoisotopic (exact) mass is 828 g/mol. The van der Waals surface area contributed by atoms with Crippen molar-refractivity contribution in [1.29, 1.82) is 0 Å². The van der Waals surface area contributed by atoms with Crippen molar-refractivity contribution in [3.63, 3.8) is 0 Å². The van der Waals surface area contributed by atoms with Crippen LogP contribution in [0.15, 0.2) is 24.3 Å². The molecule has 0 unspecified atom stereocenters. The summed E-state index contributed by atoms with van der Waals surface area (Å²) in [5.41, 5.74) is 0. The molecule has 9 heteroatoms. The second-order valence-electron chi connectivity index (χ2n) is 13.2. The van der Waals surface area contributed by atoms with Gasteiger partial charge in [-0.15, -0.1) is 0 Å². The maximum absolute atomic E-state index is 11.0. The molecule has 0 aromatic heterocycles. The Bertz CT molecular complexity index is 762. The Balaban J connectivity index is -0.000000731. The van der Waals surface area contributed by atoms with E-state index in [1.54, 1.807) is 8.87 Å². The predicted molar refractivity (Wildman–Crippen MR) is 208 cm³/mol. The molecule has 0 saturated heterocycles. The first-order valence-corrected chi connectivity index (χ1v) is 24.6. The van der Waals surface area contributed by atoms with E-state index in [0.29, 0.717) is 25.4 Å². The molecule has 0 aromatic rings. The maximum atomic E-state index is 11.0. The van der Waals surface area contributed by atoms with Crippen molar-refractivity contribution in [1.82, 2.24) is 0 Å². The minimum absolute atomic E-state index is 0.149. The van der Waals surface area contributed by atoms with E-state index in [9.17, 15) is 29.4 Å². The van der Waals surface area contributed by atoms with E-state index >= 15 is 0 Å². The normalized spacial score (nSPS) is 10.6. The molecule has 296 valence electrons. The summed E-state index contributed by atoms with van der Waals surface area (Å²) in [5.74, 6) is -4.01. The molecule has 0 aliphatic rings. The van der Waals surface area contributed by atoms with Gasteiger partial charge in [0, 0.05) is 12.2 Å². The molecule has 0 saturated carbocycles. The molecule has 0 heterocycles. The summed E-state index contributed by atoms with van der Waals surface area (Å²) >= 11 is 0.149. The van der Waals surface area contributed by atoms with Crippen molar-refractivity contribution >= 4 is 45.0 Å². The second kappa shape index (κ2) is 48.2. The van der Waals surface area contributed by atoms with Crippen LogP contribution in [0.2, 0.25) is 8.87 Å². The third-order valence-corrected chi connectivity index (χ3v) is 12.1. The second-order valence-corrected chi connectivity index (χ2v) is 17.4. The summed E-state index contributed by atoms with van der Waals surface area (Å²) < 4.78 is 13.0. The van der Waals surface area contributed by atoms with Crippen molar-refractivity contribution in [2.24, 2.45) is 0 Å². The van der Waals surface area contributed by atoms with Gasteiger partial charge in [-0.3, -0.25) is 0 Å². The van der Waals surface area contributed by atoms with Gasteiger partial charge >= 0.3 is 81.5 Å². The van der Waals surface area contributed by atoms with Gasteiger partial charge in [0.05, 0.1) is 25.2 Å². The first-order chi connectivity index (χ1) is 24.7. The number of hydrogen-bond donors (Lipinski definition) is 0. The van der Waals surface area contributed by atoms with Crippen LogP contribution in [0.4, 0.5) is 0 Å². The zero-order chi connectivity index (χ0) is 38.5. The van der Waals surface area contributed by atoms with Crippen LogP contribution in [0.5, 0.6) is 0 Å². The molecular formula is C42H76O8Sn. The number of carbonyl (C=O) groups excluding carboxylic acids is 4. The average Bonchev–Trinajstić information content (AvgIpc) is 3.11. The van der Waals surface area contributed by atoms with Crippen LogP contribution in [0.3, 0.4) is 0 Å². The van der Waals surface area contributed by atoms with Crippen molar-refractivity contribution in [2.45, 2.75) is 204 Å². The zero-order valence-electron chi connectivity index (χ0n) is 33.3. The summed E-state index contributed by atoms with van der Waals surface area (Å²) in [7, 11) is 0. The Hall–Kier alpha value is -1.84. The van der Waals surface area contributed by atoms with Gasteiger partial charge in [-0.2, -0.15) is 0 Å². The van der Waals surface area contributed by atoms with Crippen molar-refractivity contribution < 1.29 is 38.9 Å². The van der Waals surface area contributed by atoms with Crippen LogP contribution in [-0.4, -0.2) is 58.2 Å². The van der Waals surface area contributed by atoms with Crippen LogP contribution < -0.4 is 10.2 Å².